The second kappa shape index (κ2) is 13.1. The molecule has 1 aromatic heterocycles. The van der Waals surface area contributed by atoms with Crippen LogP contribution in [-0.4, -0.2) is 71.0 Å². The van der Waals surface area contributed by atoms with Gasteiger partial charge in [0.05, 0.1) is 11.3 Å². The number of piperidine rings is 1. The quantitative estimate of drug-likeness (QED) is 0.204. The molecule has 9 heteroatoms. The number of carbonyl (C=O) groups is 3. The van der Waals surface area contributed by atoms with E-state index >= 15 is 0 Å². The first-order chi connectivity index (χ1) is 20.7. The molecule has 1 aliphatic rings. The lowest BCUT2D eigenvalue weighted by Crippen LogP contribution is -2.53. The molecule has 1 aliphatic heterocycles. The summed E-state index contributed by atoms with van der Waals surface area (Å²) in [6.07, 6.45) is 3.55. The van der Waals surface area contributed by atoms with E-state index in [1.165, 1.54) is 11.6 Å². The zero-order valence-electron chi connectivity index (χ0n) is 24.8. The molecule has 0 unspecified atom stereocenters. The number of benzene rings is 3. The van der Waals surface area contributed by atoms with Gasteiger partial charge in [0.1, 0.15) is 6.04 Å². The minimum Gasteiger partial charge on any atom is -0.478 e. The Kier molecular flexibility index (Phi) is 9.11. The normalized spacial score (nSPS) is 15.3. The topological polar surface area (TPSA) is 118 Å². The van der Waals surface area contributed by atoms with Crippen molar-refractivity contribution in [3.63, 3.8) is 0 Å². The van der Waals surface area contributed by atoms with Gasteiger partial charge in [0, 0.05) is 42.7 Å². The van der Waals surface area contributed by atoms with Crippen LogP contribution in [0.15, 0.2) is 79.0 Å². The summed E-state index contributed by atoms with van der Waals surface area (Å²) in [7, 11) is 3.83. The van der Waals surface area contributed by atoms with E-state index in [1.807, 2.05) is 74.6 Å². The van der Waals surface area contributed by atoms with E-state index in [0.717, 1.165) is 34.9 Å². The summed E-state index contributed by atoms with van der Waals surface area (Å²) in [4.78, 5) is 46.7. The van der Waals surface area contributed by atoms with E-state index < -0.39 is 23.8 Å². The number of para-hydroxylation sites is 1. The highest BCUT2D eigenvalue weighted by molar-refractivity contribution is 6.03. The molecule has 224 valence electrons. The molecule has 3 amide bonds. The van der Waals surface area contributed by atoms with E-state index in [9.17, 15) is 19.5 Å². The Balaban J connectivity index is 1.39. The third-order valence-electron chi connectivity index (χ3n) is 8.30. The Morgan fingerprint density at radius 3 is 2.40 bits per heavy atom. The van der Waals surface area contributed by atoms with Gasteiger partial charge in [0.2, 0.25) is 5.91 Å². The van der Waals surface area contributed by atoms with Crippen molar-refractivity contribution in [3.8, 4) is 0 Å². The Labute approximate surface area is 251 Å². The van der Waals surface area contributed by atoms with Gasteiger partial charge >= 0.3 is 12.0 Å². The maximum Gasteiger partial charge on any atom is 0.337 e. The Bertz CT molecular complexity index is 1590. The van der Waals surface area contributed by atoms with E-state index in [2.05, 4.69) is 27.8 Å². The summed E-state index contributed by atoms with van der Waals surface area (Å²) >= 11 is 0. The second-order valence-electron chi connectivity index (χ2n) is 11.6. The smallest absolute Gasteiger partial charge is 0.337 e. The highest BCUT2D eigenvalue weighted by Gasteiger charge is 2.33. The maximum absolute atomic E-state index is 14.0. The standard InChI is InChI=1S/C34H39N5O4/c1-22(28-20-35-29-12-8-7-11-26(28)29)31(32(40)36-30-19-23(21-38(2)3)13-14-27(30)33(41)42)37-34(43)39-17-15-25(16-18-39)24-9-5-4-6-10-24/h4-14,19-20,22,25,31,35H,15-18,21H2,1-3H3,(H,36,40)(H,37,43)(H,41,42)/t22-,31+/m0/s1. The van der Waals surface area contributed by atoms with Crippen LogP contribution in [0.3, 0.4) is 0 Å². The van der Waals surface area contributed by atoms with Crippen molar-refractivity contribution in [1.29, 1.82) is 0 Å². The molecule has 0 radical (unpaired) electrons. The van der Waals surface area contributed by atoms with Crippen LogP contribution in [0.1, 0.15) is 58.6 Å². The van der Waals surface area contributed by atoms with Crippen molar-refractivity contribution in [3.05, 3.63) is 101 Å². The minimum absolute atomic E-state index is 0.0105. The molecule has 4 N–H and O–H groups in total. The number of carbonyl (C=O) groups excluding carboxylic acids is 2. The summed E-state index contributed by atoms with van der Waals surface area (Å²) in [5.41, 5.74) is 4.14. The fourth-order valence-corrected chi connectivity index (χ4v) is 5.99. The molecule has 1 saturated heterocycles. The molecular weight excluding hydrogens is 542 g/mol. The minimum atomic E-state index is -1.14. The number of aromatic nitrogens is 1. The number of aromatic carboxylic acids is 1. The van der Waals surface area contributed by atoms with Crippen molar-refractivity contribution in [2.45, 2.75) is 44.2 Å². The van der Waals surface area contributed by atoms with Crippen LogP contribution in [-0.2, 0) is 11.3 Å². The summed E-state index contributed by atoms with van der Waals surface area (Å²) in [5.74, 6) is -1.65. The molecule has 43 heavy (non-hydrogen) atoms. The van der Waals surface area contributed by atoms with Crippen LogP contribution in [0.4, 0.5) is 10.5 Å². The van der Waals surface area contributed by atoms with Gasteiger partial charge in [0.25, 0.3) is 0 Å². The highest BCUT2D eigenvalue weighted by atomic mass is 16.4. The monoisotopic (exact) mass is 581 g/mol. The number of rotatable bonds is 9. The Hall–Kier alpha value is -4.63. The van der Waals surface area contributed by atoms with Crippen molar-refractivity contribution in [1.82, 2.24) is 20.1 Å². The predicted octanol–water partition coefficient (Wildman–Crippen LogP) is 5.63. The molecule has 3 aromatic carbocycles. The SMILES string of the molecule is C[C@@H](c1c[nH]c2ccccc12)[C@@H](NC(=O)N1CCC(c2ccccc2)CC1)C(=O)Nc1cc(CN(C)C)ccc1C(=O)O. The molecule has 2 heterocycles. The summed E-state index contributed by atoms with van der Waals surface area (Å²) in [6, 6.07) is 21.8. The van der Waals surface area contributed by atoms with E-state index in [0.29, 0.717) is 25.6 Å². The van der Waals surface area contributed by atoms with E-state index in [-0.39, 0.29) is 17.3 Å². The number of aromatic amines is 1. The lowest BCUT2D eigenvalue weighted by Gasteiger charge is -2.34. The molecule has 0 bridgehead atoms. The lowest BCUT2D eigenvalue weighted by atomic mass is 9.89. The molecule has 0 aliphatic carbocycles. The second-order valence-corrected chi connectivity index (χ2v) is 11.6. The van der Waals surface area contributed by atoms with Crippen LogP contribution in [0.25, 0.3) is 10.9 Å². The molecule has 9 nitrogen and oxygen atoms in total. The fraction of sp³-hybridized carbons (Fsp3) is 0.324. The molecule has 4 aromatic rings. The Morgan fingerprint density at radius 2 is 1.70 bits per heavy atom. The van der Waals surface area contributed by atoms with Gasteiger partial charge in [-0.2, -0.15) is 0 Å². The van der Waals surface area contributed by atoms with Crippen LogP contribution in [0.5, 0.6) is 0 Å². The number of anilines is 1. The number of likely N-dealkylation sites (tertiary alicyclic amines) is 1. The van der Waals surface area contributed by atoms with Crippen molar-refractivity contribution >= 4 is 34.5 Å². The van der Waals surface area contributed by atoms with Gasteiger partial charge in [-0.1, -0.05) is 61.5 Å². The molecular formula is C34H39N5O4. The van der Waals surface area contributed by atoms with Crippen LogP contribution < -0.4 is 10.6 Å². The van der Waals surface area contributed by atoms with E-state index in [1.54, 1.807) is 17.0 Å². The number of hydrogen-bond acceptors (Lipinski definition) is 4. The first kappa shape index (κ1) is 29.8. The summed E-state index contributed by atoms with van der Waals surface area (Å²) < 4.78 is 0. The third-order valence-corrected chi connectivity index (χ3v) is 8.30. The van der Waals surface area contributed by atoms with Gasteiger partial charge in [-0.3, -0.25) is 4.79 Å². The van der Waals surface area contributed by atoms with Crippen LogP contribution >= 0.6 is 0 Å². The Morgan fingerprint density at radius 1 is 1.00 bits per heavy atom. The van der Waals surface area contributed by atoms with Crippen molar-refractivity contribution in [2.75, 3.05) is 32.5 Å². The van der Waals surface area contributed by atoms with Crippen molar-refractivity contribution in [2.24, 2.45) is 0 Å². The number of nitrogens with zero attached hydrogens (tertiary/aromatic N) is 2. The lowest BCUT2D eigenvalue weighted by molar-refractivity contribution is -0.118. The fourth-order valence-electron chi connectivity index (χ4n) is 5.99. The molecule has 0 spiro atoms. The number of urea groups is 1. The molecule has 1 fully saturated rings. The van der Waals surface area contributed by atoms with Crippen LogP contribution in [0.2, 0.25) is 0 Å². The third kappa shape index (κ3) is 6.89. The number of H-pyrrole nitrogens is 1. The van der Waals surface area contributed by atoms with Gasteiger partial charge in [-0.25, -0.2) is 9.59 Å². The molecule has 2 atom stereocenters. The molecule has 5 rings (SSSR count). The maximum atomic E-state index is 14.0. The summed E-state index contributed by atoms with van der Waals surface area (Å²) in [6.45, 7) is 3.64. The number of carboxylic acid groups (broad SMARTS) is 1. The zero-order valence-corrected chi connectivity index (χ0v) is 24.8. The predicted molar refractivity (Wildman–Crippen MR) is 168 cm³/mol. The first-order valence-corrected chi connectivity index (χ1v) is 14.7. The number of carboxylic acids is 1. The number of amides is 3. The average molecular weight is 582 g/mol. The van der Waals surface area contributed by atoms with Gasteiger partial charge < -0.3 is 30.5 Å². The largest absolute Gasteiger partial charge is 0.478 e. The van der Waals surface area contributed by atoms with Gasteiger partial charge in [-0.15, -0.1) is 0 Å². The average Bonchev–Trinajstić information content (AvgIpc) is 3.44. The molecule has 0 saturated carbocycles. The highest BCUT2D eigenvalue weighted by Crippen LogP contribution is 2.31. The first-order valence-electron chi connectivity index (χ1n) is 14.7. The van der Waals surface area contributed by atoms with Gasteiger partial charge in [0.15, 0.2) is 0 Å². The zero-order chi connectivity index (χ0) is 30.5. The number of hydrogen-bond donors (Lipinski definition) is 4. The number of fused-ring (bicyclic) bond motifs is 1. The van der Waals surface area contributed by atoms with Crippen LogP contribution in [0, 0.1) is 0 Å². The number of nitrogens with one attached hydrogen (secondary N) is 3. The summed E-state index contributed by atoms with van der Waals surface area (Å²) in [5, 5.41) is 16.7. The van der Waals surface area contributed by atoms with Crippen molar-refractivity contribution < 1.29 is 19.5 Å². The van der Waals surface area contributed by atoms with Gasteiger partial charge in [-0.05, 0) is 67.7 Å². The van der Waals surface area contributed by atoms with E-state index in [4.69, 9.17) is 0 Å².